The zero-order valence-corrected chi connectivity index (χ0v) is 17.9. The summed E-state index contributed by atoms with van der Waals surface area (Å²) in [6, 6.07) is 22.5. The van der Waals surface area contributed by atoms with Gasteiger partial charge in [-0.05, 0) is 33.1 Å². The third kappa shape index (κ3) is 2.40. The van der Waals surface area contributed by atoms with Crippen molar-refractivity contribution in [3.8, 4) is 22.3 Å². The third-order valence-electron chi connectivity index (χ3n) is 5.68. The molecule has 0 spiro atoms. The molecular weight excluding hydrogens is 364 g/mol. The van der Waals surface area contributed by atoms with Gasteiger partial charge in [0, 0.05) is 19.7 Å². The molecule has 0 bridgehead atoms. The first-order chi connectivity index (χ1) is 13.0. The lowest BCUT2D eigenvalue weighted by molar-refractivity contribution is 1.11. The van der Waals surface area contributed by atoms with Gasteiger partial charge in [0.25, 0.3) is 0 Å². The second-order valence-electron chi connectivity index (χ2n) is 7.97. The molecule has 0 amide bonds. The molecule has 0 radical (unpaired) electrons. The molecule has 0 unspecified atom stereocenters. The van der Waals surface area contributed by atoms with Crippen LogP contribution in [0.5, 0.6) is 0 Å². The van der Waals surface area contributed by atoms with Crippen molar-refractivity contribution in [2.75, 3.05) is 19.0 Å². The zero-order valence-electron chi connectivity index (χ0n) is 16.1. The van der Waals surface area contributed by atoms with Crippen LogP contribution in [0.4, 0.5) is 5.13 Å². The average Bonchev–Trinajstić information content (AvgIpc) is 3.20. The van der Waals surface area contributed by atoms with Gasteiger partial charge >= 0.3 is 0 Å². The second-order valence-corrected chi connectivity index (χ2v) is 13.3. The monoisotopic (exact) mass is 386 g/mol. The fourth-order valence-electron chi connectivity index (χ4n) is 4.23. The lowest BCUT2D eigenvalue weighted by Gasteiger charge is -2.19. The molecule has 4 heteroatoms. The molecule has 27 heavy (non-hydrogen) atoms. The largest absolute Gasteiger partial charge is 0.354 e. The van der Waals surface area contributed by atoms with E-state index in [2.05, 4.69) is 92.8 Å². The number of aromatic nitrogens is 1. The summed E-state index contributed by atoms with van der Waals surface area (Å²) < 4.78 is 1.25. The lowest BCUT2D eigenvalue weighted by Crippen LogP contribution is -2.49. The van der Waals surface area contributed by atoms with Crippen molar-refractivity contribution >= 4 is 45.1 Å². The number of fused-ring (bicyclic) bond motifs is 4. The predicted octanol–water partition coefficient (Wildman–Crippen LogP) is 4.83. The summed E-state index contributed by atoms with van der Waals surface area (Å²) in [6.07, 6.45) is 0. The van der Waals surface area contributed by atoms with Crippen LogP contribution in [0.15, 0.2) is 60.7 Å². The molecule has 0 N–H and O–H groups in total. The first kappa shape index (κ1) is 16.7. The molecule has 0 saturated heterocycles. The molecule has 2 nitrogen and oxygen atoms in total. The predicted molar refractivity (Wildman–Crippen MR) is 122 cm³/mol. The minimum Gasteiger partial charge on any atom is -0.354 e. The number of anilines is 1. The molecule has 5 rings (SSSR count). The summed E-state index contributed by atoms with van der Waals surface area (Å²) in [5.41, 5.74) is 6.48. The molecule has 4 aromatic rings. The standard InChI is InChI=1S/C23H22N2SSi/c1-25(2)23-24-22-16(9-7-10-19(22)26-23)15-12-13-18-17-8-5-6-11-20(17)27(3,4)21(18)14-15/h5-14H,1-4H3. The summed E-state index contributed by atoms with van der Waals surface area (Å²) in [5.74, 6) is 0. The van der Waals surface area contributed by atoms with Crippen molar-refractivity contribution < 1.29 is 0 Å². The minimum atomic E-state index is -1.65. The van der Waals surface area contributed by atoms with E-state index in [1.165, 1.54) is 27.0 Å². The Morgan fingerprint density at radius 3 is 2.37 bits per heavy atom. The Bertz CT molecular complexity index is 1190. The zero-order chi connectivity index (χ0) is 18.8. The molecule has 0 fully saturated rings. The SMILES string of the molecule is CN(C)c1nc2c(-c3ccc4c(c3)[Si](C)(C)c3ccccc3-4)cccc2s1. The normalized spacial score (nSPS) is 14.2. The van der Waals surface area contributed by atoms with Gasteiger partial charge in [-0.1, -0.05) is 79.0 Å². The van der Waals surface area contributed by atoms with Gasteiger partial charge in [-0.3, -0.25) is 0 Å². The Morgan fingerprint density at radius 1 is 0.815 bits per heavy atom. The van der Waals surface area contributed by atoms with E-state index in [9.17, 15) is 0 Å². The topological polar surface area (TPSA) is 16.1 Å². The van der Waals surface area contributed by atoms with Gasteiger partial charge in [0.2, 0.25) is 0 Å². The van der Waals surface area contributed by atoms with E-state index in [1.807, 2.05) is 0 Å². The first-order valence-electron chi connectivity index (χ1n) is 9.28. The Balaban J connectivity index is 1.72. The smallest absolute Gasteiger partial charge is 0.185 e. The molecule has 1 aromatic heterocycles. The van der Waals surface area contributed by atoms with Crippen LogP contribution in [-0.4, -0.2) is 27.2 Å². The highest BCUT2D eigenvalue weighted by Gasteiger charge is 2.37. The molecule has 1 aliphatic rings. The van der Waals surface area contributed by atoms with E-state index in [4.69, 9.17) is 4.98 Å². The van der Waals surface area contributed by atoms with Gasteiger partial charge in [0.1, 0.15) is 8.07 Å². The van der Waals surface area contributed by atoms with Crippen LogP contribution < -0.4 is 15.3 Å². The van der Waals surface area contributed by atoms with Crippen LogP contribution in [0, 0.1) is 0 Å². The van der Waals surface area contributed by atoms with Crippen molar-refractivity contribution in [1.82, 2.24) is 4.98 Å². The maximum atomic E-state index is 4.91. The van der Waals surface area contributed by atoms with Gasteiger partial charge in [-0.15, -0.1) is 0 Å². The molecule has 0 atom stereocenters. The average molecular weight is 387 g/mol. The van der Waals surface area contributed by atoms with Crippen molar-refractivity contribution in [3.05, 3.63) is 60.7 Å². The number of para-hydroxylation sites is 1. The summed E-state index contributed by atoms with van der Waals surface area (Å²) in [7, 11) is 2.46. The molecule has 134 valence electrons. The number of rotatable bonds is 2. The lowest BCUT2D eigenvalue weighted by atomic mass is 10.00. The minimum absolute atomic E-state index is 1.06. The molecule has 0 saturated carbocycles. The van der Waals surface area contributed by atoms with Crippen LogP contribution in [0.3, 0.4) is 0 Å². The van der Waals surface area contributed by atoms with Crippen LogP contribution in [0.25, 0.3) is 32.5 Å². The van der Waals surface area contributed by atoms with E-state index < -0.39 is 8.07 Å². The Labute approximate surface area is 165 Å². The molecule has 1 aliphatic heterocycles. The quantitative estimate of drug-likeness (QED) is 0.459. The Morgan fingerprint density at radius 2 is 1.56 bits per heavy atom. The molecular formula is C23H22N2SSi. The van der Waals surface area contributed by atoms with Gasteiger partial charge in [-0.2, -0.15) is 0 Å². The van der Waals surface area contributed by atoms with Gasteiger partial charge in [0.15, 0.2) is 5.13 Å². The fourth-order valence-corrected chi connectivity index (χ4v) is 8.25. The summed E-state index contributed by atoms with van der Waals surface area (Å²) >= 11 is 1.75. The van der Waals surface area contributed by atoms with Crippen LogP contribution in [0.2, 0.25) is 13.1 Å². The molecule has 2 heterocycles. The molecule has 3 aromatic carbocycles. The van der Waals surface area contributed by atoms with Crippen molar-refractivity contribution in [1.29, 1.82) is 0 Å². The third-order valence-corrected chi connectivity index (χ3v) is 10.4. The number of hydrogen-bond donors (Lipinski definition) is 0. The first-order valence-corrected chi connectivity index (χ1v) is 13.1. The van der Waals surface area contributed by atoms with E-state index in [0.717, 1.165) is 10.6 Å². The summed E-state index contributed by atoms with van der Waals surface area (Å²) in [5, 5.41) is 4.15. The highest BCUT2D eigenvalue weighted by Crippen LogP contribution is 2.36. The van der Waals surface area contributed by atoms with E-state index in [-0.39, 0.29) is 0 Å². The number of hydrogen-bond acceptors (Lipinski definition) is 3. The fraction of sp³-hybridized carbons (Fsp3) is 0.174. The van der Waals surface area contributed by atoms with E-state index >= 15 is 0 Å². The van der Waals surface area contributed by atoms with Crippen LogP contribution >= 0.6 is 11.3 Å². The van der Waals surface area contributed by atoms with Gasteiger partial charge in [0.05, 0.1) is 10.2 Å². The Kier molecular flexibility index (Phi) is 3.58. The highest BCUT2D eigenvalue weighted by atomic mass is 32.1. The highest BCUT2D eigenvalue weighted by molar-refractivity contribution is 7.22. The van der Waals surface area contributed by atoms with Crippen LogP contribution in [-0.2, 0) is 0 Å². The van der Waals surface area contributed by atoms with Gasteiger partial charge in [-0.25, -0.2) is 4.98 Å². The van der Waals surface area contributed by atoms with Crippen molar-refractivity contribution in [2.45, 2.75) is 13.1 Å². The Hall–Kier alpha value is -2.43. The number of nitrogens with zero attached hydrogens (tertiary/aromatic N) is 2. The second kappa shape index (κ2) is 5.78. The van der Waals surface area contributed by atoms with Gasteiger partial charge < -0.3 is 4.90 Å². The van der Waals surface area contributed by atoms with E-state index in [1.54, 1.807) is 21.7 Å². The van der Waals surface area contributed by atoms with Crippen molar-refractivity contribution in [3.63, 3.8) is 0 Å². The maximum Gasteiger partial charge on any atom is 0.185 e. The number of thiazole rings is 1. The van der Waals surface area contributed by atoms with Crippen molar-refractivity contribution in [2.24, 2.45) is 0 Å². The van der Waals surface area contributed by atoms with Crippen LogP contribution in [0.1, 0.15) is 0 Å². The summed E-state index contributed by atoms with van der Waals surface area (Å²) in [4.78, 5) is 7.00. The molecule has 0 aliphatic carbocycles. The van der Waals surface area contributed by atoms with E-state index in [0.29, 0.717) is 0 Å². The maximum absolute atomic E-state index is 4.91. The number of benzene rings is 3. The summed E-state index contributed by atoms with van der Waals surface area (Å²) in [6.45, 7) is 4.93.